The first-order valence-corrected chi connectivity index (χ1v) is 20.8. The topological polar surface area (TPSA) is 202 Å². The van der Waals surface area contributed by atoms with E-state index in [0.29, 0.717) is 22.8 Å². The number of nitrogens with one attached hydrogen (secondary N) is 2. The molecule has 0 spiro atoms. The molecule has 296 valence electrons. The minimum atomic E-state index is -1.57. The Balaban J connectivity index is 1.63. The summed E-state index contributed by atoms with van der Waals surface area (Å²) in [6, 6.07) is -2.02. The van der Waals surface area contributed by atoms with Gasteiger partial charge in [-0.25, -0.2) is 9.59 Å². The van der Waals surface area contributed by atoms with Crippen LogP contribution in [0.3, 0.4) is 0 Å². The van der Waals surface area contributed by atoms with Crippen LogP contribution in [0.5, 0.6) is 0 Å². The number of hydrogen-bond acceptors (Lipinski definition) is 15. The molecule has 15 nitrogen and oxygen atoms in total. The molecule has 0 bridgehead atoms. The van der Waals surface area contributed by atoms with Gasteiger partial charge in [0.25, 0.3) is 0 Å². The Hall–Kier alpha value is -1.93. The molecule has 3 fully saturated rings. The molecule has 3 amide bonds. The van der Waals surface area contributed by atoms with Crippen molar-refractivity contribution in [2.75, 3.05) is 24.7 Å². The Bertz CT molecular complexity index is 1370. The largest absolute Gasteiger partial charge is 0.444 e. The van der Waals surface area contributed by atoms with Gasteiger partial charge in [-0.2, -0.15) is 0 Å². The number of hydrogen-bond donors (Lipinski definition) is 5. The second-order valence-electron chi connectivity index (χ2n) is 16.2. The summed E-state index contributed by atoms with van der Waals surface area (Å²) in [5.41, 5.74) is -2.42. The second-order valence-corrected chi connectivity index (χ2v) is 19.8. The van der Waals surface area contributed by atoms with E-state index >= 15 is 0 Å². The lowest BCUT2D eigenvalue weighted by atomic mass is 9.85. The van der Waals surface area contributed by atoms with E-state index < -0.39 is 82.6 Å². The van der Waals surface area contributed by atoms with Gasteiger partial charge in [-0.15, -0.1) is 22.0 Å². The predicted octanol–water partition coefficient (Wildman–Crippen LogP) is 4.10. The monoisotopic (exact) mass is 791 g/mol. The van der Waals surface area contributed by atoms with Gasteiger partial charge in [0.1, 0.15) is 47.1 Å². The molecular formula is C34H57N5O10S3. The van der Waals surface area contributed by atoms with Gasteiger partial charge < -0.3 is 39.6 Å². The van der Waals surface area contributed by atoms with Gasteiger partial charge in [-0.3, -0.25) is 15.0 Å². The standard InChI is InChI=1S/C34H57N5O10S3/c1-16(2)13-18-11-12-46-25-19(14-18)15-39(32(45)49-34(7,8)9)21(25)27(43)35-20(26-23(41)22(40)24(42)28(47-26)50-10)17(3)51-31-38-37-29(52-31)36-30(44)48-33(4,5)6/h16-26,28,40-42H,11-15H2,1-10H3,(H,35,43)(H,36,37,44)/t17-,18-,19-,20+,21-,22?,23?,24+,25+,26+,28?/m0/s1. The summed E-state index contributed by atoms with van der Waals surface area (Å²) < 4.78 is 24.1. The maximum absolute atomic E-state index is 14.6. The maximum Gasteiger partial charge on any atom is 0.414 e. The number of anilines is 1. The Morgan fingerprint density at radius 3 is 2.31 bits per heavy atom. The van der Waals surface area contributed by atoms with Crippen LogP contribution >= 0.6 is 34.9 Å². The molecule has 52 heavy (non-hydrogen) atoms. The Kier molecular flexibility index (Phi) is 14.6. The Morgan fingerprint density at radius 2 is 1.69 bits per heavy atom. The highest BCUT2D eigenvalue weighted by molar-refractivity contribution is 8.01. The molecule has 18 heteroatoms. The van der Waals surface area contributed by atoms with E-state index in [1.165, 1.54) is 16.7 Å². The first-order chi connectivity index (χ1) is 24.2. The van der Waals surface area contributed by atoms with Gasteiger partial charge >= 0.3 is 12.2 Å². The van der Waals surface area contributed by atoms with Crippen LogP contribution in [-0.2, 0) is 23.7 Å². The summed E-state index contributed by atoms with van der Waals surface area (Å²) in [6.45, 7) is 17.4. The number of amides is 3. The second kappa shape index (κ2) is 17.7. The first kappa shape index (κ1) is 42.8. The molecule has 1 aromatic heterocycles. The van der Waals surface area contributed by atoms with Crippen molar-refractivity contribution >= 4 is 58.1 Å². The van der Waals surface area contributed by atoms with E-state index in [0.717, 1.165) is 42.4 Å². The number of aromatic nitrogens is 2. The van der Waals surface area contributed by atoms with Crippen LogP contribution in [-0.4, -0.2) is 132 Å². The van der Waals surface area contributed by atoms with E-state index in [1.54, 1.807) is 54.7 Å². The number of aliphatic hydroxyl groups is 3. The molecule has 5 N–H and O–H groups in total. The number of ether oxygens (including phenoxy) is 4. The van der Waals surface area contributed by atoms with Crippen molar-refractivity contribution in [1.82, 2.24) is 20.4 Å². The lowest BCUT2D eigenvalue weighted by Gasteiger charge is -2.44. The molecular weight excluding hydrogens is 735 g/mol. The minimum absolute atomic E-state index is 0.105. The van der Waals surface area contributed by atoms with Gasteiger partial charge in [0.05, 0.1) is 12.1 Å². The van der Waals surface area contributed by atoms with Crippen LogP contribution in [0.1, 0.15) is 81.6 Å². The number of aliphatic hydroxyl groups excluding tert-OH is 3. The van der Waals surface area contributed by atoms with E-state index in [9.17, 15) is 29.7 Å². The smallest absolute Gasteiger partial charge is 0.414 e. The van der Waals surface area contributed by atoms with E-state index in [2.05, 4.69) is 34.7 Å². The number of carbonyl (C=O) groups excluding carboxylic acids is 3. The fraction of sp³-hybridized carbons (Fsp3) is 0.853. The van der Waals surface area contributed by atoms with Crippen molar-refractivity contribution in [2.45, 2.75) is 150 Å². The summed E-state index contributed by atoms with van der Waals surface area (Å²) >= 11 is 3.46. The highest BCUT2D eigenvalue weighted by Crippen LogP contribution is 2.39. The molecule has 4 rings (SSSR count). The van der Waals surface area contributed by atoms with E-state index in [1.807, 2.05) is 0 Å². The van der Waals surface area contributed by atoms with Crippen molar-refractivity contribution < 1.29 is 48.7 Å². The summed E-state index contributed by atoms with van der Waals surface area (Å²) in [5.74, 6) is 0.235. The molecule has 3 aliphatic heterocycles. The van der Waals surface area contributed by atoms with Gasteiger partial charge in [-0.05, 0) is 78.9 Å². The number of likely N-dealkylation sites (tertiary alicyclic amines) is 1. The zero-order valence-corrected chi connectivity index (χ0v) is 34.2. The summed E-state index contributed by atoms with van der Waals surface area (Å²) in [5, 5.41) is 46.3. The van der Waals surface area contributed by atoms with Crippen molar-refractivity contribution in [2.24, 2.45) is 17.8 Å². The van der Waals surface area contributed by atoms with Crippen molar-refractivity contribution in [3.8, 4) is 0 Å². The quantitative estimate of drug-likeness (QED) is 0.168. The number of thioether (sulfide) groups is 2. The Labute approximate surface area is 319 Å². The highest BCUT2D eigenvalue weighted by Gasteiger charge is 2.53. The Morgan fingerprint density at radius 1 is 1.02 bits per heavy atom. The molecule has 0 aliphatic carbocycles. The van der Waals surface area contributed by atoms with Crippen LogP contribution in [0.25, 0.3) is 0 Å². The lowest BCUT2D eigenvalue weighted by Crippen LogP contribution is -2.66. The average molecular weight is 792 g/mol. The fourth-order valence-corrected chi connectivity index (χ4v) is 9.75. The van der Waals surface area contributed by atoms with E-state index in [4.69, 9.17) is 18.9 Å². The molecule has 11 atom stereocenters. The maximum atomic E-state index is 14.6. The molecule has 1 aromatic rings. The summed E-state index contributed by atoms with van der Waals surface area (Å²) in [7, 11) is 0. The molecule has 3 unspecified atom stereocenters. The first-order valence-electron chi connectivity index (χ1n) is 17.8. The predicted molar refractivity (Wildman–Crippen MR) is 199 cm³/mol. The normalized spacial score (nSPS) is 31.0. The minimum Gasteiger partial charge on any atom is -0.444 e. The number of carbonyl (C=O) groups is 3. The van der Waals surface area contributed by atoms with Crippen molar-refractivity contribution in [3.05, 3.63) is 0 Å². The van der Waals surface area contributed by atoms with Crippen LogP contribution in [0.4, 0.5) is 14.7 Å². The van der Waals surface area contributed by atoms with Crippen molar-refractivity contribution in [1.29, 1.82) is 0 Å². The van der Waals surface area contributed by atoms with Gasteiger partial charge in [0.15, 0.2) is 4.34 Å². The molecule has 3 saturated heterocycles. The van der Waals surface area contributed by atoms with Crippen LogP contribution in [0.15, 0.2) is 4.34 Å². The highest BCUT2D eigenvalue weighted by atomic mass is 32.2. The van der Waals surface area contributed by atoms with Gasteiger partial charge in [0, 0.05) is 24.3 Å². The summed E-state index contributed by atoms with van der Waals surface area (Å²) in [6.07, 6.45) is -3.23. The third-order valence-corrected chi connectivity index (χ3v) is 12.0. The van der Waals surface area contributed by atoms with Crippen molar-refractivity contribution in [3.63, 3.8) is 0 Å². The van der Waals surface area contributed by atoms with Crippen LogP contribution < -0.4 is 10.6 Å². The number of rotatable bonds is 10. The lowest BCUT2D eigenvalue weighted by molar-refractivity contribution is -0.205. The molecule has 3 aliphatic rings. The fourth-order valence-electron chi connectivity index (χ4n) is 6.95. The zero-order valence-electron chi connectivity index (χ0n) is 31.7. The third kappa shape index (κ3) is 11.3. The SMILES string of the molecule is CSC1O[C@H]([C@H](NC(=O)[C@@H]2[C@@H]3OCC[C@@H](CC(C)C)C[C@H]3CN2C(=O)OC(C)(C)C)[C@H](C)Sc2nnc(NC(=O)OC(C)(C)C)s2)C(O)C(O)[C@H]1O. The number of fused-ring (bicyclic) bond motifs is 1. The summed E-state index contributed by atoms with van der Waals surface area (Å²) in [4.78, 5) is 42.1. The van der Waals surface area contributed by atoms with Gasteiger partial charge in [0.2, 0.25) is 11.0 Å². The molecule has 0 aromatic carbocycles. The van der Waals surface area contributed by atoms with Crippen LogP contribution in [0, 0.1) is 17.8 Å². The van der Waals surface area contributed by atoms with Gasteiger partial charge in [-0.1, -0.05) is 43.9 Å². The third-order valence-electron chi connectivity index (χ3n) is 9.03. The molecule has 4 heterocycles. The zero-order chi connectivity index (χ0) is 38.7. The average Bonchev–Trinajstić information content (AvgIpc) is 3.54. The van der Waals surface area contributed by atoms with E-state index in [-0.39, 0.29) is 17.6 Å². The number of nitrogens with zero attached hydrogens (tertiary/aromatic N) is 3. The molecule has 0 saturated carbocycles. The van der Waals surface area contributed by atoms with Crippen LogP contribution in [0.2, 0.25) is 0 Å². The molecule has 0 radical (unpaired) electrons.